The van der Waals surface area contributed by atoms with E-state index in [2.05, 4.69) is 26.6 Å². The van der Waals surface area contributed by atoms with Crippen LogP contribution in [0.4, 0.5) is 8.78 Å². The summed E-state index contributed by atoms with van der Waals surface area (Å²) in [5.74, 6) is -1.75. The number of rotatable bonds is 10. The lowest BCUT2D eigenvalue weighted by Crippen LogP contribution is -2.45. The quantitative estimate of drug-likeness (QED) is 0.315. The number of benzene rings is 3. The molecule has 0 aliphatic heterocycles. The Morgan fingerprint density at radius 1 is 0.912 bits per heavy atom. The molecule has 0 aromatic heterocycles. The lowest BCUT2D eigenvalue weighted by Gasteiger charge is -2.27. The number of carbonyl (C=O) groups is 2. The average Bonchev–Trinajstić information content (AvgIpc) is 2.80. The molecule has 3 aromatic rings. The van der Waals surface area contributed by atoms with Crippen molar-refractivity contribution in [3.05, 3.63) is 100 Å². The average molecular weight is 547 g/mol. The van der Waals surface area contributed by atoms with Gasteiger partial charge in [-0.2, -0.15) is 0 Å². The zero-order chi connectivity index (χ0) is 24.5. The highest BCUT2D eigenvalue weighted by atomic mass is 79.9. The zero-order valence-electron chi connectivity index (χ0n) is 18.6. The zero-order valence-corrected chi connectivity index (χ0v) is 21.0. The van der Waals surface area contributed by atoms with Gasteiger partial charge in [-0.1, -0.05) is 58.4 Å². The molecule has 2 N–H and O–H groups in total. The van der Waals surface area contributed by atoms with Crippen LogP contribution in [-0.4, -0.2) is 23.6 Å². The summed E-state index contributed by atoms with van der Waals surface area (Å²) in [6, 6.07) is 19.9. The van der Waals surface area contributed by atoms with E-state index in [9.17, 15) is 18.4 Å². The maximum Gasteiger partial charge on any atom is 0.224 e. The molecule has 0 heterocycles. The molecule has 0 aliphatic carbocycles. The molecule has 0 radical (unpaired) electrons. The maximum absolute atomic E-state index is 13.4. The van der Waals surface area contributed by atoms with E-state index in [-0.39, 0.29) is 30.7 Å². The first kappa shape index (κ1) is 25.9. The highest BCUT2D eigenvalue weighted by molar-refractivity contribution is 9.10. The van der Waals surface area contributed by atoms with Crippen LogP contribution < -0.4 is 10.6 Å². The summed E-state index contributed by atoms with van der Waals surface area (Å²) in [5.41, 5.74) is 1.76. The van der Waals surface area contributed by atoms with Gasteiger partial charge < -0.3 is 10.6 Å². The topological polar surface area (TPSA) is 58.2 Å². The Morgan fingerprint density at radius 2 is 1.68 bits per heavy atom. The van der Waals surface area contributed by atoms with Gasteiger partial charge in [0, 0.05) is 21.5 Å². The standard InChI is InChI=1S/C26H25BrF2N2O2S/c1-17(30-25(33)15-18-6-5-9-20(27)14-18)26(19-7-3-2-4-8-19)31-24(32)12-13-34-21-10-11-22(28)23(29)16-21/h2-11,14,16-17,26H,12-13,15H2,1H3,(H,30,33)(H,31,32). The van der Waals surface area contributed by atoms with Crippen molar-refractivity contribution in [2.45, 2.75) is 36.7 Å². The van der Waals surface area contributed by atoms with Crippen LogP contribution in [0.5, 0.6) is 0 Å². The van der Waals surface area contributed by atoms with E-state index in [0.717, 1.165) is 27.7 Å². The molecule has 0 saturated heterocycles. The van der Waals surface area contributed by atoms with Crippen molar-refractivity contribution in [1.29, 1.82) is 0 Å². The molecule has 178 valence electrons. The van der Waals surface area contributed by atoms with Gasteiger partial charge in [0.25, 0.3) is 0 Å². The second-order valence-corrected chi connectivity index (χ2v) is 9.88. The summed E-state index contributed by atoms with van der Waals surface area (Å²) in [5, 5.41) is 6.00. The van der Waals surface area contributed by atoms with Gasteiger partial charge in [-0.25, -0.2) is 8.78 Å². The fourth-order valence-corrected chi connectivity index (χ4v) is 4.77. The number of halogens is 3. The van der Waals surface area contributed by atoms with Crippen LogP contribution in [0.1, 0.15) is 30.5 Å². The minimum Gasteiger partial charge on any atom is -0.351 e. The lowest BCUT2D eigenvalue weighted by atomic mass is 9.99. The van der Waals surface area contributed by atoms with Crippen molar-refractivity contribution in [1.82, 2.24) is 10.6 Å². The second kappa shape index (κ2) is 12.7. The van der Waals surface area contributed by atoms with Crippen molar-refractivity contribution in [3.8, 4) is 0 Å². The minimum absolute atomic E-state index is 0.144. The van der Waals surface area contributed by atoms with E-state index in [0.29, 0.717) is 10.6 Å². The summed E-state index contributed by atoms with van der Waals surface area (Å²) in [6.45, 7) is 1.85. The van der Waals surface area contributed by atoms with Gasteiger partial charge in [-0.15, -0.1) is 11.8 Å². The number of hydrogen-bond acceptors (Lipinski definition) is 3. The molecule has 34 heavy (non-hydrogen) atoms. The Morgan fingerprint density at radius 3 is 2.38 bits per heavy atom. The summed E-state index contributed by atoms with van der Waals surface area (Å²) in [7, 11) is 0. The Hall–Kier alpha value is -2.71. The van der Waals surface area contributed by atoms with Crippen molar-refractivity contribution in [3.63, 3.8) is 0 Å². The Kier molecular flexibility index (Phi) is 9.65. The third-order valence-electron chi connectivity index (χ3n) is 5.11. The number of thioether (sulfide) groups is 1. The largest absolute Gasteiger partial charge is 0.351 e. The predicted molar refractivity (Wildman–Crippen MR) is 134 cm³/mol. The number of carbonyl (C=O) groups excluding carboxylic acids is 2. The van der Waals surface area contributed by atoms with Crippen LogP contribution in [0.25, 0.3) is 0 Å². The van der Waals surface area contributed by atoms with Crippen LogP contribution >= 0.6 is 27.7 Å². The van der Waals surface area contributed by atoms with Gasteiger partial charge in [-0.05, 0) is 48.4 Å². The van der Waals surface area contributed by atoms with Crippen molar-refractivity contribution >= 4 is 39.5 Å². The van der Waals surface area contributed by atoms with Crippen LogP contribution in [-0.2, 0) is 16.0 Å². The number of nitrogens with one attached hydrogen (secondary N) is 2. The molecular weight excluding hydrogens is 522 g/mol. The van der Waals surface area contributed by atoms with Gasteiger partial charge in [-0.3, -0.25) is 9.59 Å². The molecule has 2 unspecified atom stereocenters. The van der Waals surface area contributed by atoms with Crippen LogP contribution in [0, 0.1) is 11.6 Å². The Bertz CT molecular complexity index is 1130. The van der Waals surface area contributed by atoms with Gasteiger partial charge in [0.2, 0.25) is 11.8 Å². The lowest BCUT2D eigenvalue weighted by molar-refractivity contribution is -0.124. The Balaban J connectivity index is 1.59. The molecule has 0 fully saturated rings. The van der Waals surface area contributed by atoms with Gasteiger partial charge >= 0.3 is 0 Å². The molecular formula is C26H25BrF2N2O2S. The molecule has 0 saturated carbocycles. The van der Waals surface area contributed by atoms with E-state index >= 15 is 0 Å². The maximum atomic E-state index is 13.4. The monoisotopic (exact) mass is 546 g/mol. The van der Waals surface area contributed by atoms with Crippen LogP contribution in [0.3, 0.4) is 0 Å². The van der Waals surface area contributed by atoms with E-state index in [1.54, 1.807) is 0 Å². The third kappa shape index (κ3) is 7.95. The van der Waals surface area contributed by atoms with Crippen LogP contribution in [0.2, 0.25) is 0 Å². The molecule has 2 atom stereocenters. The van der Waals surface area contributed by atoms with Crippen molar-refractivity contribution in [2.24, 2.45) is 0 Å². The predicted octanol–water partition coefficient (Wildman–Crippen LogP) is 5.81. The molecule has 2 amide bonds. The smallest absolute Gasteiger partial charge is 0.224 e. The SMILES string of the molecule is CC(NC(=O)Cc1cccc(Br)c1)C(NC(=O)CCSc1ccc(F)c(F)c1)c1ccccc1. The molecule has 0 bridgehead atoms. The fraction of sp³-hybridized carbons (Fsp3) is 0.231. The first-order valence-electron chi connectivity index (χ1n) is 10.8. The molecule has 3 aromatic carbocycles. The fourth-order valence-electron chi connectivity index (χ4n) is 3.45. The van der Waals surface area contributed by atoms with E-state index in [4.69, 9.17) is 0 Å². The summed E-state index contributed by atoms with van der Waals surface area (Å²) in [4.78, 5) is 25.9. The molecule has 3 rings (SSSR count). The summed E-state index contributed by atoms with van der Waals surface area (Å²) in [6.07, 6.45) is 0.413. The Labute approximate surface area is 210 Å². The number of hydrogen-bond donors (Lipinski definition) is 2. The van der Waals surface area contributed by atoms with Gasteiger partial charge in [0.15, 0.2) is 11.6 Å². The normalized spacial score (nSPS) is 12.6. The molecule has 0 spiro atoms. The van der Waals surface area contributed by atoms with E-state index in [1.165, 1.54) is 17.8 Å². The summed E-state index contributed by atoms with van der Waals surface area (Å²) < 4.78 is 27.4. The summed E-state index contributed by atoms with van der Waals surface area (Å²) >= 11 is 4.68. The third-order valence-corrected chi connectivity index (χ3v) is 6.60. The van der Waals surface area contributed by atoms with Gasteiger partial charge in [0.05, 0.1) is 18.5 Å². The molecule has 8 heteroatoms. The number of amides is 2. The highest BCUT2D eigenvalue weighted by Crippen LogP contribution is 2.22. The van der Waals surface area contributed by atoms with Crippen molar-refractivity contribution in [2.75, 3.05) is 5.75 Å². The molecule has 4 nitrogen and oxygen atoms in total. The molecule has 0 aliphatic rings. The van der Waals surface area contributed by atoms with Crippen LogP contribution in [0.15, 0.2) is 82.2 Å². The van der Waals surface area contributed by atoms with Crippen molar-refractivity contribution < 1.29 is 18.4 Å². The van der Waals surface area contributed by atoms with E-state index < -0.39 is 17.7 Å². The van der Waals surface area contributed by atoms with Gasteiger partial charge in [0.1, 0.15) is 0 Å². The highest BCUT2D eigenvalue weighted by Gasteiger charge is 2.23. The van der Waals surface area contributed by atoms with E-state index in [1.807, 2.05) is 61.5 Å². The second-order valence-electron chi connectivity index (χ2n) is 7.79. The first-order valence-corrected chi connectivity index (χ1v) is 12.6. The first-order chi connectivity index (χ1) is 16.3. The minimum atomic E-state index is -0.911.